The number of nitroso groups, excluding NO2 is 1. The molecule has 2 N–H and O–H groups in total. The first-order valence-electron chi connectivity index (χ1n) is 5.06. The molecule has 1 heterocycles. The van der Waals surface area contributed by atoms with Crippen molar-refractivity contribution in [2.75, 3.05) is 5.43 Å². The Hall–Kier alpha value is -2.03. The minimum absolute atomic E-state index is 0.111. The maximum Gasteiger partial charge on any atom is 0.224 e. The summed E-state index contributed by atoms with van der Waals surface area (Å²) in [6.45, 7) is 1.77. The third kappa shape index (κ3) is 3.00. The molecule has 98 valence electrons. The molecular weight excluding hydrogens is 260 g/mol. The summed E-state index contributed by atoms with van der Waals surface area (Å²) < 4.78 is 24.0. The van der Waals surface area contributed by atoms with E-state index in [2.05, 4.69) is 15.4 Å². The minimum Gasteiger partial charge on any atom is -0.410 e. The van der Waals surface area contributed by atoms with Crippen molar-refractivity contribution in [1.82, 2.24) is 4.98 Å². The van der Waals surface area contributed by atoms with Gasteiger partial charge in [0, 0.05) is 12.6 Å². The third-order valence-corrected chi connectivity index (χ3v) is 3.86. The SMILES string of the molecule is CCCC(=NO)S(=O)(=O)c1ccc(NN=O)nc1. The van der Waals surface area contributed by atoms with Crippen LogP contribution in [0.25, 0.3) is 0 Å². The number of nitrogens with one attached hydrogen (secondary N) is 1. The number of hydrogen-bond donors (Lipinski definition) is 2. The minimum atomic E-state index is -3.84. The highest BCUT2D eigenvalue weighted by Gasteiger charge is 2.22. The van der Waals surface area contributed by atoms with E-state index in [4.69, 9.17) is 5.21 Å². The molecule has 0 radical (unpaired) electrons. The Morgan fingerprint density at radius 3 is 2.67 bits per heavy atom. The first-order valence-corrected chi connectivity index (χ1v) is 6.55. The monoisotopic (exact) mass is 272 g/mol. The van der Waals surface area contributed by atoms with Crippen LogP contribution in [0.5, 0.6) is 0 Å². The lowest BCUT2D eigenvalue weighted by Gasteiger charge is -2.05. The van der Waals surface area contributed by atoms with Crippen LogP contribution < -0.4 is 5.43 Å². The summed E-state index contributed by atoms with van der Waals surface area (Å²) >= 11 is 0. The fourth-order valence-corrected chi connectivity index (χ4v) is 2.53. The highest BCUT2D eigenvalue weighted by molar-refractivity contribution is 8.06. The fourth-order valence-electron chi connectivity index (χ4n) is 1.24. The zero-order valence-corrected chi connectivity index (χ0v) is 10.4. The molecule has 1 rings (SSSR count). The lowest BCUT2D eigenvalue weighted by Crippen LogP contribution is -2.15. The van der Waals surface area contributed by atoms with E-state index in [0.717, 1.165) is 6.20 Å². The van der Waals surface area contributed by atoms with Crippen LogP contribution in [0.4, 0.5) is 5.82 Å². The number of hydrogen-bond acceptors (Lipinski definition) is 7. The Morgan fingerprint density at radius 2 is 2.22 bits per heavy atom. The number of sulfone groups is 1. The topological polar surface area (TPSA) is 121 Å². The van der Waals surface area contributed by atoms with Crippen LogP contribution in [0, 0.1) is 4.91 Å². The molecule has 0 saturated carbocycles. The Bertz CT molecular complexity index is 538. The smallest absolute Gasteiger partial charge is 0.224 e. The van der Waals surface area contributed by atoms with Crippen LogP contribution in [-0.4, -0.2) is 23.7 Å². The van der Waals surface area contributed by atoms with Crippen LogP contribution >= 0.6 is 0 Å². The van der Waals surface area contributed by atoms with E-state index < -0.39 is 9.84 Å². The number of aromatic nitrogens is 1. The quantitative estimate of drug-likeness (QED) is 0.275. The predicted octanol–water partition coefficient (Wildman–Crippen LogP) is 1.54. The van der Waals surface area contributed by atoms with Gasteiger partial charge in [0.25, 0.3) is 0 Å². The Kier molecular flexibility index (Phi) is 4.72. The molecule has 8 nitrogen and oxygen atoms in total. The largest absolute Gasteiger partial charge is 0.410 e. The molecule has 9 heteroatoms. The Balaban J connectivity index is 3.08. The summed E-state index contributed by atoms with van der Waals surface area (Å²) in [7, 11) is -3.84. The zero-order valence-electron chi connectivity index (χ0n) is 9.57. The summed E-state index contributed by atoms with van der Waals surface area (Å²) in [5.74, 6) is 0.127. The highest BCUT2D eigenvalue weighted by atomic mass is 32.2. The van der Waals surface area contributed by atoms with Crippen molar-refractivity contribution in [3.05, 3.63) is 23.2 Å². The van der Waals surface area contributed by atoms with Gasteiger partial charge >= 0.3 is 0 Å². The van der Waals surface area contributed by atoms with E-state index in [1.54, 1.807) is 6.92 Å². The van der Waals surface area contributed by atoms with Crippen molar-refractivity contribution in [2.45, 2.75) is 24.7 Å². The second kappa shape index (κ2) is 6.05. The van der Waals surface area contributed by atoms with Gasteiger partial charge in [0.1, 0.15) is 5.82 Å². The van der Waals surface area contributed by atoms with Gasteiger partial charge in [-0.3, -0.25) is 0 Å². The summed E-state index contributed by atoms with van der Waals surface area (Å²) in [4.78, 5) is 13.5. The molecule has 0 fully saturated rings. The van der Waals surface area contributed by atoms with Crippen LogP contribution in [0.3, 0.4) is 0 Å². The van der Waals surface area contributed by atoms with Crippen LogP contribution in [0.1, 0.15) is 19.8 Å². The average molecular weight is 272 g/mol. The van der Waals surface area contributed by atoms with Crippen molar-refractivity contribution in [1.29, 1.82) is 0 Å². The summed E-state index contributed by atoms with van der Waals surface area (Å²) in [5.41, 5.74) is 2.04. The number of oxime groups is 1. The molecule has 1 aromatic rings. The van der Waals surface area contributed by atoms with E-state index in [1.807, 2.05) is 5.43 Å². The van der Waals surface area contributed by atoms with E-state index in [-0.39, 0.29) is 22.2 Å². The summed E-state index contributed by atoms with van der Waals surface area (Å²) in [6, 6.07) is 2.53. The van der Waals surface area contributed by atoms with E-state index >= 15 is 0 Å². The van der Waals surface area contributed by atoms with Crippen LogP contribution in [-0.2, 0) is 9.84 Å². The first kappa shape index (κ1) is 14.0. The van der Waals surface area contributed by atoms with Gasteiger partial charge in [0.15, 0.2) is 5.04 Å². The molecule has 0 saturated heterocycles. The standard InChI is InChI=1S/C9H12N4O4S/c1-2-3-9(12-14)18(16,17)7-4-5-8(10-6-7)11-13-15/h4-6,14H,2-3H2,1H3,(H,10,11,15). The second-order valence-corrected chi connectivity index (χ2v) is 5.28. The van der Waals surface area contributed by atoms with Gasteiger partial charge in [0.2, 0.25) is 9.84 Å². The zero-order chi connectivity index (χ0) is 13.6. The average Bonchev–Trinajstić information content (AvgIpc) is 2.36. The molecule has 0 aliphatic heterocycles. The molecule has 0 bridgehead atoms. The van der Waals surface area contributed by atoms with E-state index in [9.17, 15) is 13.3 Å². The van der Waals surface area contributed by atoms with Gasteiger partial charge in [-0.05, 0) is 18.6 Å². The van der Waals surface area contributed by atoms with Crippen LogP contribution in [0.2, 0.25) is 0 Å². The molecule has 0 atom stereocenters. The van der Waals surface area contributed by atoms with Gasteiger partial charge in [-0.25, -0.2) is 18.8 Å². The molecule has 0 amide bonds. The molecule has 1 aromatic heterocycles. The predicted molar refractivity (Wildman–Crippen MR) is 65.0 cm³/mol. The van der Waals surface area contributed by atoms with E-state index in [1.165, 1.54) is 12.1 Å². The van der Waals surface area contributed by atoms with Gasteiger partial charge in [-0.2, -0.15) is 0 Å². The maximum atomic E-state index is 12.0. The fraction of sp³-hybridized carbons (Fsp3) is 0.333. The molecule has 0 unspecified atom stereocenters. The van der Waals surface area contributed by atoms with Gasteiger partial charge in [-0.15, -0.1) is 4.91 Å². The third-order valence-electron chi connectivity index (χ3n) is 2.09. The molecule has 0 aromatic carbocycles. The lowest BCUT2D eigenvalue weighted by molar-refractivity contribution is 0.319. The highest BCUT2D eigenvalue weighted by Crippen LogP contribution is 2.16. The van der Waals surface area contributed by atoms with Gasteiger partial charge in [0.05, 0.1) is 10.2 Å². The van der Waals surface area contributed by atoms with Crippen molar-refractivity contribution in [2.24, 2.45) is 10.4 Å². The number of nitrogens with zero attached hydrogens (tertiary/aromatic N) is 3. The Labute approximate surface area is 104 Å². The normalized spacial score (nSPS) is 12.2. The van der Waals surface area contributed by atoms with Crippen LogP contribution in [0.15, 0.2) is 33.7 Å². The molecular formula is C9H12N4O4S. The van der Waals surface area contributed by atoms with Gasteiger partial charge < -0.3 is 5.21 Å². The van der Waals surface area contributed by atoms with Crippen molar-refractivity contribution < 1.29 is 13.6 Å². The van der Waals surface area contributed by atoms with Crippen molar-refractivity contribution in [3.63, 3.8) is 0 Å². The number of pyridine rings is 1. The molecule has 0 aliphatic carbocycles. The van der Waals surface area contributed by atoms with Gasteiger partial charge in [-0.1, -0.05) is 12.1 Å². The lowest BCUT2D eigenvalue weighted by atomic mass is 10.4. The summed E-state index contributed by atoms with van der Waals surface area (Å²) in [6.07, 6.45) is 1.72. The maximum absolute atomic E-state index is 12.0. The van der Waals surface area contributed by atoms with Crippen molar-refractivity contribution >= 4 is 20.7 Å². The number of rotatable bonds is 5. The molecule has 0 aliphatic rings. The Morgan fingerprint density at radius 1 is 1.50 bits per heavy atom. The first-order chi connectivity index (χ1) is 8.56. The van der Waals surface area contributed by atoms with Crippen molar-refractivity contribution in [3.8, 4) is 0 Å². The molecule has 18 heavy (non-hydrogen) atoms. The molecule has 0 spiro atoms. The number of anilines is 1. The van der Waals surface area contributed by atoms with E-state index in [0.29, 0.717) is 6.42 Å². The summed E-state index contributed by atoms with van der Waals surface area (Å²) in [5, 5.41) is 13.6. The second-order valence-electron chi connectivity index (χ2n) is 3.33.